The van der Waals surface area contributed by atoms with Crippen molar-refractivity contribution in [2.45, 2.75) is 32.3 Å². The lowest BCUT2D eigenvalue weighted by atomic mass is 10.1. The van der Waals surface area contributed by atoms with Crippen LogP contribution < -0.4 is 10.6 Å². The van der Waals surface area contributed by atoms with Crippen molar-refractivity contribution < 1.29 is 22.7 Å². The number of benzene rings is 2. The quantitative estimate of drug-likeness (QED) is 0.565. The molecule has 2 aromatic carbocycles. The standard InChI is InChI=1S/C21H22F3N5O2/c1-15(18-6-8-19(9-7-18)29-14-25-13-27-29)28-20(30)26-10-16-2-4-17(5-3-16)11-31-12-21(22,23)24/h2-9,13-15H,10-12H2,1H3,(H2,26,28,30). The molecule has 0 saturated carbocycles. The maximum Gasteiger partial charge on any atom is 0.411 e. The zero-order valence-electron chi connectivity index (χ0n) is 16.8. The van der Waals surface area contributed by atoms with E-state index in [-0.39, 0.29) is 25.2 Å². The maximum absolute atomic E-state index is 12.2. The third-order valence-electron chi connectivity index (χ3n) is 4.43. The lowest BCUT2D eigenvalue weighted by Gasteiger charge is -2.16. The first-order valence-corrected chi connectivity index (χ1v) is 9.52. The Kier molecular flexibility index (Phi) is 7.24. The number of ether oxygens (including phenoxy) is 1. The highest BCUT2D eigenvalue weighted by Crippen LogP contribution is 2.16. The second-order valence-electron chi connectivity index (χ2n) is 6.90. The van der Waals surface area contributed by atoms with E-state index < -0.39 is 12.8 Å². The monoisotopic (exact) mass is 433 g/mol. The van der Waals surface area contributed by atoms with Gasteiger partial charge in [-0.3, -0.25) is 0 Å². The van der Waals surface area contributed by atoms with E-state index in [0.29, 0.717) is 5.56 Å². The van der Waals surface area contributed by atoms with Crippen LogP contribution in [-0.2, 0) is 17.9 Å². The Balaban J connectivity index is 1.43. The summed E-state index contributed by atoms with van der Waals surface area (Å²) in [6, 6.07) is 13.9. The average molecular weight is 433 g/mol. The number of carbonyl (C=O) groups excluding carboxylic acids is 1. The van der Waals surface area contributed by atoms with E-state index in [2.05, 4.69) is 25.5 Å². The number of nitrogens with zero attached hydrogens (tertiary/aromatic N) is 3. The minimum absolute atomic E-state index is 0.124. The number of rotatable bonds is 8. The Morgan fingerprint density at radius 2 is 1.77 bits per heavy atom. The van der Waals surface area contributed by atoms with Gasteiger partial charge in [-0.1, -0.05) is 36.4 Å². The summed E-state index contributed by atoms with van der Waals surface area (Å²) in [7, 11) is 0. The van der Waals surface area contributed by atoms with Crippen molar-refractivity contribution >= 4 is 6.03 Å². The molecule has 1 atom stereocenters. The fourth-order valence-corrected chi connectivity index (χ4v) is 2.81. The molecule has 0 aliphatic heterocycles. The van der Waals surface area contributed by atoms with Crippen molar-refractivity contribution in [1.82, 2.24) is 25.4 Å². The van der Waals surface area contributed by atoms with Crippen molar-refractivity contribution in [3.05, 3.63) is 77.9 Å². The molecular weight excluding hydrogens is 411 g/mol. The van der Waals surface area contributed by atoms with Crippen LogP contribution in [0.25, 0.3) is 5.69 Å². The van der Waals surface area contributed by atoms with E-state index in [0.717, 1.165) is 16.8 Å². The molecule has 0 aliphatic rings. The predicted octanol–water partition coefficient (Wildman–Crippen LogP) is 3.91. The zero-order valence-corrected chi connectivity index (χ0v) is 16.8. The summed E-state index contributed by atoms with van der Waals surface area (Å²) in [6.45, 7) is 0.756. The van der Waals surface area contributed by atoms with E-state index in [4.69, 9.17) is 0 Å². The summed E-state index contributed by atoms with van der Waals surface area (Å²) in [6.07, 6.45) is -1.28. The average Bonchev–Trinajstić information content (AvgIpc) is 3.27. The van der Waals surface area contributed by atoms with E-state index >= 15 is 0 Å². The maximum atomic E-state index is 12.2. The highest BCUT2D eigenvalue weighted by Gasteiger charge is 2.27. The number of hydrogen-bond acceptors (Lipinski definition) is 4. The molecule has 7 nitrogen and oxygen atoms in total. The number of urea groups is 1. The van der Waals surface area contributed by atoms with Gasteiger partial charge in [0.15, 0.2) is 0 Å². The second-order valence-corrected chi connectivity index (χ2v) is 6.90. The number of halogens is 3. The van der Waals surface area contributed by atoms with Crippen LogP contribution in [0.1, 0.15) is 29.7 Å². The Hall–Kier alpha value is -3.40. The first-order valence-electron chi connectivity index (χ1n) is 9.52. The summed E-state index contributed by atoms with van der Waals surface area (Å²) in [5.74, 6) is 0. The topological polar surface area (TPSA) is 81.1 Å². The minimum atomic E-state index is -4.34. The fourth-order valence-electron chi connectivity index (χ4n) is 2.81. The molecule has 2 amide bonds. The van der Waals surface area contributed by atoms with Crippen molar-refractivity contribution in [3.8, 4) is 5.69 Å². The van der Waals surface area contributed by atoms with Crippen molar-refractivity contribution in [3.63, 3.8) is 0 Å². The predicted molar refractivity (Wildman–Crippen MR) is 107 cm³/mol. The van der Waals surface area contributed by atoms with Gasteiger partial charge in [0.2, 0.25) is 0 Å². The van der Waals surface area contributed by atoms with E-state index in [1.165, 1.54) is 6.33 Å². The van der Waals surface area contributed by atoms with Crippen LogP contribution in [-0.4, -0.2) is 33.6 Å². The van der Waals surface area contributed by atoms with Gasteiger partial charge < -0.3 is 15.4 Å². The number of aromatic nitrogens is 3. The summed E-state index contributed by atoms with van der Waals surface area (Å²) in [5.41, 5.74) is 3.24. The fraction of sp³-hybridized carbons (Fsp3) is 0.286. The molecular formula is C21H22F3N5O2. The third-order valence-corrected chi connectivity index (χ3v) is 4.43. The molecule has 2 N–H and O–H groups in total. The number of carbonyl (C=O) groups is 1. The van der Waals surface area contributed by atoms with Crippen LogP contribution in [0.3, 0.4) is 0 Å². The largest absolute Gasteiger partial charge is 0.411 e. The number of nitrogens with one attached hydrogen (secondary N) is 2. The van der Waals surface area contributed by atoms with Crippen molar-refractivity contribution in [1.29, 1.82) is 0 Å². The molecule has 0 bridgehead atoms. The number of alkyl halides is 3. The molecule has 31 heavy (non-hydrogen) atoms. The Bertz CT molecular complexity index is 958. The SMILES string of the molecule is CC(NC(=O)NCc1ccc(COCC(F)(F)F)cc1)c1ccc(-n2cncn2)cc1. The number of amides is 2. The minimum Gasteiger partial charge on any atom is -0.367 e. The van der Waals surface area contributed by atoms with Gasteiger partial charge in [-0.2, -0.15) is 18.3 Å². The van der Waals surface area contributed by atoms with Gasteiger partial charge in [0.1, 0.15) is 19.3 Å². The van der Waals surface area contributed by atoms with E-state index in [1.807, 2.05) is 31.2 Å². The van der Waals surface area contributed by atoms with Crippen LogP contribution in [0, 0.1) is 0 Å². The van der Waals surface area contributed by atoms with Crippen LogP contribution >= 0.6 is 0 Å². The first kappa shape index (κ1) is 22.3. The molecule has 0 aliphatic carbocycles. The molecule has 10 heteroatoms. The lowest BCUT2D eigenvalue weighted by molar-refractivity contribution is -0.176. The molecule has 0 radical (unpaired) electrons. The molecule has 0 fully saturated rings. The highest BCUT2D eigenvalue weighted by atomic mass is 19.4. The van der Waals surface area contributed by atoms with Gasteiger partial charge in [0.05, 0.1) is 18.3 Å². The Morgan fingerprint density at radius 3 is 2.39 bits per heavy atom. The van der Waals surface area contributed by atoms with Crippen LogP contribution in [0.4, 0.5) is 18.0 Å². The molecule has 0 saturated heterocycles. The number of hydrogen-bond donors (Lipinski definition) is 2. The summed E-state index contributed by atoms with van der Waals surface area (Å²) in [4.78, 5) is 16.1. The summed E-state index contributed by atoms with van der Waals surface area (Å²) < 4.78 is 42.6. The van der Waals surface area contributed by atoms with Gasteiger partial charge in [0.25, 0.3) is 0 Å². The molecule has 1 heterocycles. The summed E-state index contributed by atoms with van der Waals surface area (Å²) >= 11 is 0. The highest BCUT2D eigenvalue weighted by molar-refractivity contribution is 5.74. The summed E-state index contributed by atoms with van der Waals surface area (Å²) in [5, 5.41) is 9.69. The van der Waals surface area contributed by atoms with Gasteiger partial charge in [-0.15, -0.1) is 0 Å². The van der Waals surface area contributed by atoms with Gasteiger partial charge in [0, 0.05) is 6.54 Å². The molecule has 1 unspecified atom stereocenters. The van der Waals surface area contributed by atoms with Gasteiger partial charge in [-0.05, 0) is 35.7 Å². The molecule has 1 aromatic heterocycles. The van der Waals surface area contributed by atoms with Crippen LogP contribution in [0.5, 0.6) is 0 Å². The molecule has 164 valence electrons. The smallest absolute Gasteiger partial charge is 0.367 e. The first-order chi connectivity index (χ1) is 14.8. The van der Waals surface area contributed by atoms with Crippen LogP contribution in [0.2, 0.25) is 0 Å². The van der Waals surface area contributed by atoms with E-state index in [9.17, 15) is 18.0 Å². The normalized spacial score (nSPS) is 12.4. The van der Waals surface area contributed by atoms with Gasteiger partial charge >= 0.3 is 12.2 Å². The van der Waals surface area contributed by atoms with Crippen molar-refractivity contribution in [2.24, 2.45) is 0 Å². The van der Waals surface area contributed by atoms with E-state index in [1.54, 1.807) is 35.3 Å². The Morgan fingerprint density at radius 1 is 1.10 bits per heavy atom. The van der Waals surface area contributed by atoms with Crippen molar-refractivity contribution in [2.75, 3.05) is 6.61 Å². The lowest BCUT2D eigenvalue weighted by Crippen LogP contribution is -2.36. The molecule has 0 spiro atoms. The second kappa shape index (κ2) is 10.1. The van der Waals surface area contributed by atoms with Crippen LogP contribution in [0.15, 0.2) is 61.2 Å². The molecule has 3 aromatic rings. The molecule has 3 rings (SSSR count). The third kappa shape index (κ3) is 7.10. The zero-order chi connectivity index (χ0) is 22.3. The Labute approximate surface area is 177 Å². The van der Waals surface area contributed by atoms with Gasteiger partial charge in [-0.25, -0.2) is 14.5 Å².